The third kappa shape index (κ3) is 4.38. The van der Waals surface area contributed by atoms with Crippen LogP contribution in [0, 0.1) is 11.6 Å². The molecule has 0 fully saturated rings. The first-order valence-electron chi connectivity index (χ1n) is 6.03. The van der Waals surface area contributed by atoms with Crippen molar-refractivity contribution in [3.8, 4) is 0 Å². The Kier molecular flexibility index (Phi) is 4.61. The van der Waals surface area contributed by atoms with E-state index in [0.29, 0.717) is 5.69 Å². The smallest absolute Gasteiger partial charge is 0.338 e. The summed E-state index contributed by atoms with van der Waals surface area (Å²) < 4.78 is 30.2. The van der Waals surface area contributed by atoms with Gasteiger partial charge in [-0.2, -0.15) is 0 Å². The monoisotopic (exact) mass is 291 g/mol. The maximum Gasteiger partial charge on any atom is 0.338 e. The van der Waals surface area contributed by atoms with E-state index in [2.05, 4.69) is 5.32 Å². The fourth-order valence-corrected chi connectivity index (χ4v) is 1.53. The van der Waals surface area contributed by atoms with Crippen molar-refractivity contribution in [1.29, 1.82) is 0 Å². The largest absolute Gasteiger partial charge is 0.452 e. The second kappa shape index (κ2) is 6.60. The SMILES string of the molecule is O=C(COC(=O)c1ccc(F)cc1)Nc1ccc(F)cc1. The first kappa shape index (κ1) is 14.6. The number of carbonyl (C=O) groups is 2. The molecule has 0 bridgehead atoms. The molecular formula is C15H11F2NO3. The van der Waals surface area contributed by atoms with Gasteiger partial charge in [0.2, 0.25) is 0 Å². The van der Waals surface area contributed by atoms with Gasteiger partial charge in [-0.25, -0.2) is 13.6 Å². The summed E-state index contributed by atoms with van der Waals surface area (Å²) in [6.45, 7) is -0.492. The zero-order valence-corrected chi connectivity index (χ0v) is 10.8. The van der Waals surface area contributed by atoms with Crippen LogP contribution in [-0.2, 0) is 9.53 Å². The lowest BCUT2D eigenvalue weighted by molar-refractivity contribution is -0.119. The third-order valence-electron chi connectivity index (χ3n) is 2.54. The van der Waals surface area contributed by atoms with Crippen LogP contribution >= 0.6 is 0 Å². The van der Waals surface area contributed by atoms with E-state index in [1.54, 1.807) is 0 Å². The lowest BCUT2D eigenvalue weighted by atomic mass is 10.2. The van der Waals surface area contributed by atoms with Crippen molar-refractivity contribution >= 4 is 17.6 Å². The highest BCUT2D eigenvalue weighted by Gasteiger charge is 2.10. The summed E-state index contributed by atoms with van der Waals surface area (Å²) in [6.07, 6.45) is 0. The van der Waals surface area contributed by atoms with Gasteiger partial charge in [0.15, 0.2) is 6.61 Å². The van der Waals surface area contributed by atoms with Crippen molar-refractivity contribution in [2.45, 2.75) is 0 Å². The number of benzene rings is 2. The Hall–Kier alpha value is -2.76. The van der Waals surface area contributed by atoms with Gasteiger partial charge in [0, 0.05) is 5.69 Å². The van der Waals surface area contributed by atoms with Crippen LogP contribution in [0.4, 0.5) is 14.5 Å². The van der Waals surface area contributed by atoms with Crippen molar-refractivity contribution in [2.75, 3.05) is 11.9 Å². The van der Waals surface area contributed by atoms with Gasteiger partial charge in [-0.3, -0.25) is 4.79 Å². The minimum Gasteiger partial charge on any atom is -0.452 e. The van der Waals surface area contributed by atoms with Crippen LogP contribution in [0.2, 0.25) is 0 Å². The molecule has 2 aromatic carbocycles. The van der Waals surface area contributed by atoms with Gasteiger partial charge in [0.25, 0.3) is 5.91 Å². The van der Waals surface area contributed by atoms with Gasteiger partial charge in [0.05, 0.1) is 5.56 Å². The van der Waals surface area contributed by atoms with Crippen molar-refractivity contribution in [2.24, 2.45) is 0 Å². The van der Waals surface area contributed by atoms with Gasteiger partial charge in [-0.05, 0) is 48.5 Å². The highest BCUT2D eigenvalue weighted by Crippen LogP contribution is 2.08. The van der Waals surface area contributed by atoms with Gasteiger partial charge in [0.1, 0.15) is 11.6 Å². The molecule has 2 rings (SSSR count). The molecule has 0 aliphatic rings. The van der Waals surface area contributed by atoms with Crippen LogP contribution in [0.25, 0.3) is 0 Å². The molecule has 0 unspecified atom stereocenters. The second-order valence-electron chi connectivity index (χ2n) is 4.14. The number of hydrogen-bond donors (Lipinski definition) is 1. The van der Waals surface area contributed by atoms with Crippen molar-refractivity contribution in [3.63, 3.8) is 0 Å². The molecule has 0 spiro atoms. The molecule has 0 saturated carbocycles. The Balaban J connectivity index is 1.84. The molecule has 21 heavy (non-hydrogen) atoms. The molecule has 0 aromatic heterocycles. The maximum absolute atomic E-state index is 12.7. The number of halogens is 2. The van der Waals surface area contributed by atoms with E-state index in [4.69, 9.17) is 4.74 Å². The summed E-state index contributed by atoms with van der Waals surface area (Å²) in [4.78, 5) is 23.1. The fraction of sp³-hybridized carbons (Fsp3) is 0.0667. The van der Waals surface area contributed by atoms with Crippen molar-refractivity contribution < 1.29 is 23.1 Å². The highest BCUT2D eigenvalue weighted by atomic mass is 19.1. The maximum atomic E-state index is 12.7. The minimum atomic E-state index is -0.732. The molecule has 0 aliphatic heterocycles. The van der Waals surface area contributed by atoms with E-state index in [0.717, 1.165) is 12.1 Å². The fourth-order valence-electron chi connectivity index (χ4n) is 1.53. The molecule has 0 heterocycles. The molecular weight excluding hydrogens is 280 g/mol. The summed E-state index contributed by atoms with van der Waals surface area (Å²) in [6, 6.07) is 9.92. The summed E-state index contributed by atoms with van der Waals surface area (Å²) in [5, 5.41) is 2.44. The standard InChI is InChI=1S/C15H11F2NO3/c16-11-3-1-10(2-4-11)15(20)21-9-14(19)18-13-7-5-12(17)6-8-13/h1-8H,9H2,(H,18,19). The Morgan fingerprint density at radius 3 is 2.00 bits per heavy atom. The summed E-state index contributed by atoms with van der Waals surface area (Å²) >= 11 is 0. The van der Waals surface area contributed by atoms with Crippen molar-refractivity contribution in [3.05, 3.63) is 65.7 Å². The van der Waals surface area contributed by atoms with Crippen LogP contribution in [-0.4, -0.2) is 18.5 Å². The van der Waals surface area contributed by atoms with E-state index < -0.39 is 30.1 Å². The molecule has 108 valence electrons. The van der Waals surface area contributed by atoms with Gasteiger partial charge in [-0.1, -0.05) is 0 Å². The summed E-state index contributed by atoms with van der Waals surface area (Å²) in [5.41, 5.74) is 0.533. The van der Waals surface area contributed by atoms with Crippen LogP contribution in [0.3, 0.4) is 0 Å². The molecule has 4 nitrogen and oxygen atoms in total. The number of ether oxygens (including phenoxy) is 1. The predicted octanol–water partition coefficient (Wildman–Crippen LogP) is 2.76. The number of amides is 1. The van der Waals surface area contributed by atoms with Gasteiger partial charge < -0.3 is 10.1 Å². The first-order chi connectivity index (χ1) is 10.0. The van der Waals surface area contributed by atoms with E-state index in [9.17, 15) is 18.4 Å². The van der Waals surface area contributed by atoms with E-state index >= 15 is 0 Å². The molecule has 0 radical (unpaired) electrons. The molecule has 1 amide bonds. The Labute approximate surface area is 119 Å². The number of hydrogen-bond acceptors (Lipinski definition) is 3. The summed E-state index contributed by atoms with van der Waals surface area (Å²) in [5.74, 6) is -2.18. The molecule has 0 atom stereocenters. The first-order valence-corrected chi connectivity index (χ1v) is 6.03. The van der Waals surface area contributed by atoms with Crippen LogP contribution < -0.4 is 5.32 Å². The quantitative estimate of drug-likeness (QED) is 0.881. The number of esters is 1. The Bertz CT molecular complexity index is 639. The van der Waals surface area contributed by atoms with Gasteiger partial charge >= 0.3 is 5.97 Å². The molecule has 1 N–H and O–H groups in total. The van der Waals surface area contributed by atoms with Crippen molar-refractivity contribution in [1.82, 2.24) is 0 Å². The summed E-state index contributed by atoms with van der Waals surface area (Å²) in [7, 11) is 0. The number of carbonyl (C=O) groups excluding carboxylic acids is 2. The number of rotatable bonds is 4. The predicted molar refractivity (Wildman–Crippen MR) is 71.7 cm³/mol. The minimum absolute atomic E-state index is 0.144. The van der Waals surface area contributed by atoms with Crippen LogP contribution in [0.1, 0.15) is 10.4 Å². The Morgan fingerprint density at radius 1 is 0.905 bits per heavy atom. The lowest BCUT2D eigenvalue weighted by Crippen LogP contribution is -2.20. The van der Waals surface area contributed by atoms with E-state index in [-0.39, 0.29) is 5.56 Å². The molecule has 2 aromatic rings. The topological polar surface area (TPSA) is 55.4 Å². The second-order valence-corrected chi connectivity index (χ2v) is 4.14. The zero-order chi connectivity index (χ0) is 15.2. The lowest BCUT2D eigenvalue weighted by Gasteiger charge is -2.06. The van der Waals surface area contributed by atoms with Gasteiger partial charge in [-0.15, -0.1) is 0 Å². The average molecular weight is 291 g/mol. The molecule has 0 aliphatic carbocycles. The zero-order valence-electron chi connectivity index (χ0n) is 10.8. The normalized spacial score (nSPS) is 10.0. The number of nitrogens with one attached hydrogen (secondary N) is 1. The molecule has 6 heteroatoms. The molecule has 0 saturated heterocycles. The highest BCUT2D eigenvalue weighted by molar-refractivity contribution is 5.95. The van der Waals surface area contributed by atoms with Crippen LogP contribution in [0.5, 0.6) is 0 Å². The average Bonchev–Trinajstić information content (AvgIpc) is 2.48. The third-order valence-corrected chi connectivity index (χ3v) is 2.54. The van der Waals surface area contributed by atoms with E-state index in [1.165, 1.54) is 36.4 Å². The van der Waals surface area contributed by atoms with Crippen LogP contribution in [0.15, 0.2) is 48.5 Å². The number of anilines is 1. The Morgan fingerprint density at radius 2 is 1.43 bits per heavy atom. The van der Waals surface area contributed by atoms with E-state index in [1.807, 2.05) is 0 Å².